The molecular weight excluding hydrogens is 372 g/mol. The zero-order chi connectivity index (χ0) is 18.5. The summed E-state index contributed by atoms with van der Waals surface area (Å²) in [5, 5.41) is 24.1. The van der Waals surface area contributed by atoms with Gasteiger partial charge < -0.3 is 5.32 Å². The minimum atomic E-state index is -0.473. The molecule has 9 heteroatoms. The highest BCUT2D eigenvalue weighted by Crippen LogP contribution is 2.25. The summed E-state index contributed by atoms with van der Waals surface area (Å²) in [6, 6.07) is 15.9. The van der Waals surface area contributed by atoms with Crippen LogP contribution in [0.4, 0.5) is 5.69 Å². The zero-order valence-corrected chi connectivity index (χ0v) is 15.2. The van der Waals surface area contributed by atoms with Crippen LogP contribution in [0.15, 0.2) is 53.7 Å². The molecule has 1 atom stereocenters. The number of hydrogen-bond donors (Lipinski definition) is 1. The zero-order valence-electron chi connectivity index (χ0n) is 13.6. The molecule has 3 aromatic rings. The topological polar surface area (TPSA) is 96.5 Å². The molecule has 1 heterocycles. The Kier molecular flexibility index (Phi) is 5.51. The van der Waals surface area contributed by atoms with E-state index < -0.39 is 5.25 Å². The number of carbonyl (C=O) groups is 1. The lowest BCUT2D eigenvalue weighted by molar-refractivity contribution is -0.115. The molecule has 26 heavy (non-hydrogen) atoms. The molecule has 0 bridgehead atoms. The molecule has 0 aliphatic carbocycles. The summed E-state index contributed by atoms with van der Waals surface area (Å²) in [5.74, 6) is -0.247. The van der Waals surface area contributed by atoms with E-state index in [0.29, 0.717) is 21.4 Å². The smallest absolute Gasteiger partial charge is 0.237 e. The van der Waals surface area contributed by atoms with Crippen LogP contribution >= 0.6 is 23.4 Å². The maximum absolute atomic E-state index is 12.5. The fourth-order valence-corrected chi connectivity index (χ4v) is 3.07. The number of tetrazole rings is 1. The van der Waals surface area contributed by atoms with Crippen LogP contribution < -0.4 is 5.32 Å². The van der Waals surface area contributed by atoms with Gasteiger partial charge in [-0.3, -0.25) is 4.79 Å². The molecule has 2 aromatic carbocycles. The number of thioether (sulfide) groups is 1. The van der Waals surface area contributed by atoms with Crippen molar-refractivity contribution >= 4 is 35.0 Å². The van der Waals surface area contributed by atoms with Crippen molar-refractivity contribution in [2.45, 2.75) is 17.3 Å². The van der Waals surface area contributed by atoms with Gasteiger partial charge in [0.25, 0.3) is 0 Å². The first-order valence-electron chi connectivity index (χ1n) is 7.59. The molecule has 1 N–H and O–H groups in total. The van der Waals surface area contributed by atoms with Gasteiger partial charge in [0.15, 0.2) is 0 Å². The molecule has 1 aromatic heterocycles. The maximum Gasteiger partial charge on any atom is 0.237 e. The van der Waals surface area contributed by atoms with E-state index in [1.165, 1.54) is 16.4 Å². The summed E-state index contributed by atoms with van der Waals surface area (Å²) in [6.45, 7) is 1.75. The van der Waals surface area contributed by atoms with E-state index in [9.17, 15) is 4.79 Å². The quantitative estimate of drug-likeness (QED) is 0.678. The summed E-state index contributed by atoms with van der Waals surface area (Å²) in [6.07, 6.45) is 0. The number of hydrogen-bond acceptors (Lipinski definition) is 6. The Hall–Kier alpha value is -2.89. The summed E-state index contributed by atoms with van der Waals surface area (Å²) < 4.78 is 1.54. The van der Waals surface area contributed by atoms with Crippen LogP contribution in [0.5, 0.6) is 0 Å². The largest absolute Gasteiger partial charge is 0.324 e. The van der Waals surface area contributed by atoms with Gasteiger partial charge in [-0.2, -0.15) is 9.94 Å². The van der Waals surface area contributed by atoms with Gasteiger partial charge >= 0.3 is 0 Å². The third-order valence-corrected chi connectivity index (χ3v) is 4.75. The number of para-hydroxylation sites is 1. The number of nitriles is 1. The Morgan fingerprint density at radius 2 is 2.00 bits per heavy atom. The van der Waals surface area contributed by atoms with Crippen molar-refractivity contribution in [1.82, 2.24) is 20.2 Å². The van der Waals surface area contributed by atoms with Gasteiger partial charge in [0.05, 0.1) is 22.2 Å². The number of nitrogens with zero attached hydrogens (tertiary/aromatic N) is 5. The standard InChI is InChI=1S/C17H13ClN6OS/c1-11(16(25)20-15-5-3-2-4-12(15)10-19)26-17-21-22-23-24(17)14-8-6-13(18)7-9-14/h2-9,11H,1H3,(H,20,25)/t11-/m1/s1. The highest BCUT2D eigenvalue weighted by Gasteiger charge is 2.20. The SMILES string of the molecule is C[C@@H](Sc1nnnn1-c1ccc(Cl)cc1)C(=O)Nc1ccccc1C#N. The molecule has 3 rings (SSSR count). The van der Waals surface area contributed by atoms with E-state index in [1.807, 2.05) is 0 Å². The second-order valence-corrected chi connectivity index (χ2v) is 7.00. The van der Waals surface area contributed by atoms with Crippen molar-refractivity contribution in [2.24, 2.45) is 0 Å². The molecule has 130 valence electrons. The Labute approximate surface area is 159 Å². The number of aromatic nitrogens is 4. The van der Waals surface area contributed by atoms with Crippen LogP contribution in [-0.4, -0.2) is 31.4 Å². The van der Waals surface area contributed by atoms with Gasteiger partial charge in [-0.25, -0.2) is 0 Å². The average Bonchev–Trinajstić information content (AvgIpc) is 3.10. The fourth-order valence-electron chi connectivity index (χ4n) is 2.13. The molecule has 0 saturated carbocycles. The Bertz CT molecular complexity index is 966. The minimum Gasteiger partial charge on any atom is -0.324 e. The van der Waals surface area contributed by atoms with E-state index in [2.05, 4.69) is 26.9 Å². The number of benzene rings is 2. The number of rotatable bonds is 5. The van der Waals surface area contributed by atoms with E-state index in [0.717, 1.165) is 5.69 Å². The molecule has 0 radical (unpaired) electrons. The summed E-state index contributed by atoms with van der Waals surface area (Å²) in [4.78, 5) is 12.5. The third kappa shape index (κ3) is 4.02. The van der Waals surface area contributed by atoms with Crippen LogP contribution in [0.3, 0.4) is 0 Å². The number of halogens is 1. The van der Waals surface area contributed by atoms with Gasteiger partial charge in [-0.15, -0.1) is 5.10 Å². The van der Waals surface area contributed by atoms with E-state index >= 15 is 0 Å². The lowest BCUT2D eigenvalue weighted by Crippen LogP contribution is -2.23. The predicted octanol–water partition coefficient (Wildman–Crippen LogP) is 3.31. The van der Waals surface area contributed by atoms with Crippen molar-refractivity contribution in [2.75, 3.05) is 5.32 Å². The highest BCUT2D eigenvalue weighted by molar-refractivity contribution is 8.00. The fraction of sp³-hybridized carbons (Fsp3) is 0.118. The average molecular weight is 385 g/mol. The molecular formula is C17H13ClN6OS. The van der Waals surface area contributed by atoms with Crippen LogP contribution in [-0.2, 0) is 4.79 Å². The molecule has 7 nitrogen and oxygen atoms in total. The second kappa shape index (κ2) is 7.99. The van der Waals surface area contributed by atoms with Crippen LogP contribution in [0, 0.1) is 11.3 Å². The number of anilines is 1. The third-order valence-electron chi connectivity index (χ3n) is 3.47. The van der Waals surface area contributed by atoms with Crippen LogP contribution in [0.2, 0.25) is 5.02 Å². The molecule has 0 saturated heterocycles. The van der Waals surface area contributed by atoms with Crippen LogP contribution in [0.25, 0.3) is 5.69 Å². The van der Waals surface area contributed by atoms with Crippen molar-refractivity contribution in [3.63, 3.8) is 0 Å². The van der Waals surface area contributed by atoms with Crippen molar-refractivity contribution in [3.8, 4) is 11.8 Å². The van der Waals surface area contributed by atoms with E-state index in [1.54, 1.807) is 55.5 Å². The van der Waals surface area contributed by atoms with Crippen molar-refractivity contribution < 1.29 is 4.79 Å². The molecule has 0 spiro atoms. The van der Waals surface area contributed by atoms with Gasteiger partial charge in [0, 0.05) is 5.02 Å². The minimum absolute atomic E-state index is 0.247. The van der Waals surface area contributed by atoms with Gasteiger partial charge in [0.2, 0.25) is 11.1 Å². The monoisotopic (exact) mass is 384 g/mol. The number of amides is 1. The van der Waals surface area contributed by atoms with Crippen molar-refractivity contribution in [3.05, 3.63) is 59.1 Å². The molecule has 0 aliphatic heterocycles. The summed E-state index contributed by atoms with van der Waals surface area (Å²) >= 11 is 7.11. The predicted molar refractivity (Wildman–Crippen MR) is 99.3 cm³/mol. The maximum atomic E-state index is 12.5. The molecule has 0 unspecified atom stereocenters. The number of nitrogens with one attached hydrogen (secondary N) is 1. The van der Waals surface area contributed by atoms with E-state index in [-0.39, 0.29) is 5.91 Å². The number of carbonyl (C=O) groups excluding carboxylic acids is 1. The normalized spacial score (nSPS) is 11.6. The first-order chi connectivity index (χ1) is 12.6. The second-order valence-electron chi connectivity index (χ2n) is 5.26. The van der Waals surface area contributed by atoms with Gasteiger partial charge in [-0.1, -0.05) is 35.5 Å². The Morgan fingerprint density at radius 3 is 2.73 bits per heavy atom. The van der Waals surface area contributed by atoms with Crippen molar-refractivity contribution in [1.29, 1.82) is 5.26 Å². The lowest BCUT2D eigenvalue weighted by Gasteiger charge is -2.12. The Balaban J connectivity index is 1.73. The first kappa shape index (κ1) is 17.9. The molecule has 1 amide bonds. The molecule has 0 aliphatic rings. The Morgan fingerprint density at radius 1 is 1.27 bits per heavy atom. The van der Waals surface area contributed by atoms with Crippen LogP contribution in [0.1, 0.15) is 12.5 Å². The molecule has 0 fully saturated rings. The van der Waals surface area contributed by atoms with E-state index in [4.69, 9.17) is 16.9 Å². The summed E-state index contributed by atoms with van der Waals surface area (Å²) in [5.41, 5.74) is 1.62. The first-order valence-corrected chi connectivity index (χ1v) is 8.85. The highest BCUT2D eigenvalue weighted by atomic mass is 35.5. The van der Waals surface area contributed by atoms with Gasteiger partial charge in [-0.05, 0) is 53.7 Å². The lowest BCUT2D eigenvalue weighted by atomic mass is 10.2. The summed E-state index contributed by atoms with van der Waals surface area (Å²) in [7, 11) is 0. The van der Waals surface area contributed by atoms with Gasteiger partial charge in [0.1, 0.15) is 6.07 Å².